The molecule has 1 saturated heterocycles. The maximum absolute atomic E-state index is 13.5. The van der Waals surface area contributed by atoms with E-state index in [1.165, 1.54) is 25.3 Å². The van der Waals surface area contributed by atoms with Gasteiger partial charge in [0.25, 0.3) is 0 Å². The number of nitrogens with zero attached hydrogens (tertiary/aromatic N) is 1. The lowest BCUT2D eigenvalue weighted by Crippen LogP contribution is -2.51. The Hall–Kier alpha value is -3.08. The summed E-state index contributed by atoms with van der Waals surface area (Å²) in [5, 5.41) is 13.5. The van der Waals surface area contributed by atoms with Crippen LogP contribution in [0.4, 0.5) is 0 Å². The Morgan fingerprint density at radius 2 is 1.80 bits per heavy atom. The molecule has 3 atom stereocenters. The minimum absolute atomic E-state index is 0.0667. The summed E-state index contributed by atoms with van der Waals surface area (Å²) in [4.78, 5) is 25.7. The van der Waals surface area contributed by atoms with E-state index < -0.39 is 34.0 Å². The molecule has 1 amide bonds. The summed E-state index contributed by atoms with van der Waals surface area (Å²) in [6.45, 7) is 0.0667. The number of phenols is 1. The quantitative estimate of drug-likeness (QED) is 0.330. The van der Waals surface area contributed by atoms with Gasteiger partial charge in [-0.05, 0) is 47.0 Å². The fourth-order valence-corrected chi connectivity index (χ4v) is 6.39. The Kier molecular flexibility index (Phi) is 7.34. The number of hydrogen-bond acceptors (Lipinski definition) is 7. The number of benzene rings is 3. The van der Waals surface area contributed by atoms with Crippen molar-refractivity contribution in [3.63, 3.8) is 0 Å². The second-order valence-electron chi connectivity index (χ2n) is 8.44. The average Bonchev–Trinajstić information content (AvgIpc) is 3.26. The van der Waals surface area contributed by atoms with Crippen molar-refractivity contribution in [3.8, 4) is 5.75 Å². The third-order valence-electron chi connectivity index (χ3n) is 6.04. The maximum atomic E-state index is 13.5. The van der Waals surface area contributed by atoms with Crippen LogP contribution in [-0.2, 0) is 30.8 Å². The number of carbonyl (C=O) groups excluding carboxylic acids is 2. The van der Waals surface area contributed by atoms with Gasteiger partial charge in [0, 0.05) is 18.2 Å². The molecule has 8 nitrogen and oxygen atoms in total. The molecule has 1 heterocycles. The maximum Gasteiger partial charge on any atom is 0.328 e. The second-order valence-corrected chi connectivity index (χ2v) is 11.1. The van der Waals surface area contributed by atoms with Crippen LogP contribution in [0.15, 0.2) is 71.6 Å². The molecule has 0 bridgehead atoms. The molecule has 0 aliphatic carbocycles. The monoisotopic (exact) mass is 514 g/mol. The van der Waals surface area contributed by atoms with E-state index in [-0.39, 0.29) is 35.3 Å². The number of amides is 1. The Balaban J connectivity index is 1.58. The van der Waals surface area contributed by atoms with Crippen LogP contribution in [-0.4, -0.2) is 60.7 Å². The topological polar surface area (TPSA) is 113 Å². The molecule has 3 aromatic carbocycles. The highest BCUT2D eigenvalue weighted by Crippen LogP contribution is 2.30. The highest BCUT2D eigenvalue weighted by atomic mass is 32.2. The predicted molar refractivity (Wildman–Crippen MR) is 135 cm³/mol. The van der Waals surface area contributed by atoms with Gasteiger partial charge in [-0.1, -0.05) is 42.5 Å². The van der Waals surface area contributed by atoms with Gasteiger partial charge in [0.15, 0.2) is 0 Å². The molecular weight excluding hydrogens is 488 g/mol. The van der Waals surface area contributed by atoms with Crippen LogP contribution in [0.25, 0.3) is 10.8 Å². The molecule has 0 unspecified atom stereocenters. The lowest BCUT2D eigenvalue weighted by Gasteiger charge is -2.25. The lowest BCUT2D eigenvalue weighted by atomic mass is 10.0. The number of nitrogens with one attached hydrogen (secondary N) is 1. The van der Waals surface area contributed by atoms with Gasteiger partial charge >= 0.3 is 5.97 Å². The van der Waals surface area contributed by atoms with Gasteiger partial charge in [0.05, 0.1) is 12.0 Å². The Labute approximate surface area is 209 Å². The van der Waals surface area contributed by atoms with Gasteiger partial charge < -0.3 is 15.2 Å². The van der Waals surface area contributed by atoms with E-state index in [0.29, 0.717) is 5.56 Å². The number of hydrogen-bond donors (Lipinski definition) is 3. The molecule has 0 radical (unpaired) electrons. The number of methoxy groups -OCH3 is 1. The summed E-state index contributed by atoms with van der Waals surface area (Å²) in [5.74, 6) is -1.18. The third-order valence-corrected chi connectivity index (χ3v) is 8.29. The first kappa shape index (κ1) is 25.0. The minimum atomic E-state index is -4.00. The zero-order chi connectivity index (χ0) is 25.2. The third kappa shape index (κ3) is 5.44. The summed E-state index contributed by atoms with van der Waals surface area (Å²) in [7, 11) is -2.79. The van der Waals surface area contributed by atoms with Crippen LogP contribution in [0, 0.1) is 0 Å². The summed E-state index contributed by atoms with van der Waals surface area (Å²) < 4.78 is 33.1. The molecular formula is C25H26N2O6S2. The summed E-state index contributed by atoms with van der Waals surface area (Å²) in [5.41, 5.74) is 0.692. The smallest absolute Gasteiger partial charge is 0.328 e. The van der Waals surface area contributed by atoms with Crippen LogP contribution < -0.4 is 5.32 Å². The van der Waals surface area contributed by atoms with Crippen molar-refractivity contribution in [2.24, 2.45) is 0 Å². The van der Waals surface area contributed by atoms with Crippen molar-refractivity contribution in [1.82, 2.24) is 9.62 Å². The second kappa shape index (κ2) is 10.3. The number of esters is 1. The Morgan fingerprint density at radius 1 is 1.11 bits per heavy atom. The molecule has 184 valence electrons. The standard InChI is InChI=1S/C25H26N2O6S2/c1-33-25(30)22(12-16-6-9-19(28)10-7-16)26-24(29)23-14-20(34)15-27(23)35(31,32)21-11-8-17-4-2-3-5-18(17)13-21/h2-11,13,20,22-23,28,34H,12,14-15H2,1H3,(H,26,29)/t20-,22-,23-/m0/s1. The average molecular weight is 515 g/mol. The fraction of sp³-hybridized carbons (Fsp3) is 0.280. The summed E-state index contributed by atoms with van der Waals surface area (Å²) >= 11 is 4.45. The van der Waals surface area contributed by atoms with Gasteiger partial charge in [0.1, 0.15) is 17.8 Å². The summed E-state index contributed by atoms with van der Waals surface area (Å²) in [6.07, 6.45) is 0.321. The number of carbonyl (C=O) groups is 2. The van der Waals surface area contributed by atoms with Crippen LogP contribution in [0.5, 0.6) is 5.75 Å². The number of aromatic hydroxyl groups is 1. The molecule has 1 aliphatic heterocycles. The Morgan fingerprint density at radius 3 is 2.49 bits per heavy atom. The van der Waals surface area contributed by atoms with Crippen molar-refractivity contribution in [1.29, 1.82) is 0 Å². The molecule has 4 rings (SSSR count). The number of thiol groups is 1. The van der Waals surface area contributed by atoms with Crippen molar-refractivity contribution in [3.05, 3.63) is 72.3 Å². The highest BCUT2D eigenvalue weighted by Gasteiger charge is 2.43. The normalized spacial score (nSPS) is 19.4. The minimum Gasteiger partial charge on any atom is -0.508 e. The van der Waals surface area contributed by atoms with Crippen molar-refractivity contribution < 1.29 is 27.9 Å². The van der Waals surface area contributed by atoms with Crippen LogP contribution in [0.1, 0.15) is 12.0 Å². The number of fused-ring (bicyclic) bond motifs is 1. The molecule has 35 heavy (non-hydrogen) atoms. The molecule has 1 aliphatic rings. The first-order valence-corrected chi connectivity index (χ1v) is 13.0. The zero-order valence-electron chi connectivity index (χ0n) is 19.0. The van der Waals surface area contributed by atoms with Crippen LogP contribution >= 0.6 is 12.6 Å². The molecule has 0 saturated carbocycles. The van der Waals surface area contributed by atoms with E-state index in [0.717, 1.165) is 15.1 Å². The SMILES string of the molecule is COC(=O)[C@H](Cc1ccc(O)cc1)NC(=O)[C@@H]1C[C@H](S)CN1S(=O)(=O)c1ccc2ccccc2c1. The van der Waals surface area contributed by atoms with Crippen LogP contribution in [0.2, 0.25) is 0 Å². The largest absolute Gasteiger partial charge is 0.508 e. The van der Waals surface area contributed by atoms with Gasteiger partial charge in [-0.15, -0.1) is 0 Å². The van der Waals surface area contributed by atoms with Crippen molar-refractivity contribution >= 4 is 45.3 Å². The summed E-state index contributed by atoms with van der Waals surface area (Å²) in [6, 6.07) is 16.4. The number of rotatable bonds is 7. The molecule has 0 spiro atoms. The zero-order valence-corrected chi connectivity index (χ0v) is 20.7. The number of ether oxygens (including phenoxy) is 1. The van der Waals surface area contributed by atoms with Gasteiger partial charge in [-0.3, -0.25) is 4.79 Å². The van der Waals surface area contributed by atoms with E-state index in [4.69, 9.17) is 4.74 Å². The van der Waals surface area contributed by atoms with E-state index in [1.807, 2.05) is 24.3 Å². The highest BCUT2D eigenvalue weighted by molar-refractivity contribution is 7.89. The van der Waals surface area contributed by atoms with Crippen molar-refractivity contribution in [2.75, 3.05) is 13.7 Å². The Bertz CT molecular complexity index is 1340. The molecule has 10 heteroatoms. The molecule has 1 fully saturated rings. The van der Waals surface area contributed by atoms with E-state index in [2.05, 4.69) is 17.9 Å². The first-order chi connectivity index (χ1) is 16.7. The van der Waals surface area contributed by atoms with Crippen LogP contribution in [0.3, 0.4) is 0 Å². The number of phenolic OH excluding ortho intramolecular Hbond substituents is 1. The lowest BCUT2D eigenvalue weighted by molar-refractivity contribution is -0.145. The van der Waals surface area contributed by atoms with E-state index in [9.17, 15) is 23.1 Å². The molecule has 0 aromatic heterocycles. The van der Waals surface area contributed by atoms with Crippen molar-refractivity contribution in [2.45, 2.75) is 35.1 Å². The van der Waals surface area contributed by atoms with E-state index >= 15 is 0 Å². The predicted octanol–water partition coefficient (Wildman–Crippen LogP) is 2.51. The van der Waals surface area contributed by atoms with Gasteiger partial charge in [-0.2, -0.15) is 16.9 Å². The molecule has 2 N–H and O–H groups in total. The van der Waals surface area contributed by atoms with Gasteiger partial charge in [0.2, 0.25) is 15.9 Å². The first-order valence-electron chi connectivity index (χ1n) is 11.0. The molecule has 3 aromatic rings. The fourth-order valence-electron chi connectivity index (χ4n) is 4.22. The van der Waals surface area contributed by atoms with Gasteiger partial charge in [-0.25, -0.2) is 13.2 Å². The number of sulfonamides is 1. The van der Waals surface area contributed by atoms with E-state index in [1.54, 1.807) is 24.3 Å².